The number of aromatic nitrogens is 4. The molecule has 0 saturated carbocycles. The van der Waals surface area contributed by atoms with Gasteiger partial charge in [0.2, 0.25) is 0 Å². The highest BCUT2D eigenvalue weighted by molar-refractivity contribution is 5.91. The summed E-state index contributed by atoms with van der Waals surface area (Å²) in [6.07, 6.45) is 3.54. The van der Waals surface area contributed by atoms with Gasteiger partial charge in [0.1, 0.15) is 17.5 Å². The molecule has 0 aliphatic rings. The van der Waals surface area contributed by atoms with E-state index in [9.17, 15) is 10.1 Å². The Morgan fingerprint density at radius 1 is 1.06 bits per heavy atom. The van der Waals surface area contributed by atoms with Crippen LogP contribution >= 0.6 is 0 Å². The van der Waals surface area contributed by atoms with Gasteiger partial charge < -0.3 is 9.72 Å². The topological polar surface area (TPSA) is 96.6 Å². The van der Waals surface area contributed by atoms with Gasteiger partial charge in [-0.25, -0.2) is 9.67 Å². The van der Waals surface area contributed by atoms with Crippen molar-refractivity contribution >= 4 is 22.6 Å². The Bertz CT molecular complexity index is 1620. The Kier molecular flexibility index (Phi) is 5.46. The first-order valence-corrected chi connectivity index (χ1v) is 10.6. The molecule has 0 spiro atoms. The molecule has 5 aromatic rings. The van der Waals surface area contributed by atoms with Gasteiger partial charge in [-0.2, -0.15) is 10.4 Å². The molecule has 0 aliphatic heterocycles. The number of hydrogen-bond donors (Lipinski definition) is 1. The number of hydrogen-bond acceptors (Lipinski definition) is 5. The minimum absolute atomic E-state index is 0.204. The second kappa shape index (κ2) is 8.88. The largest absolute Gasteiger partial charge is 0.497 e. The number of nitriles is 1. The molecule has 2 heterocycles. The minimum Gasteiger partial charge on any atom is -0.497 e. The van der Waals surface area contributed by atoms with Crippen LogP contribution in [0.4, 0.5) is 0 Å². The van der Waals surface area contributed by atoms with Crippen molar-refractivity contribution in [2.45, 2.75) is 0 Å². The van der Waals surface area contributed by atoms with Gasteiger partial charge in [-0.05, 0) is 42.5 Å². The fourth-order valence-corrected chi connectivity index (χ4v) is 3.72. The van der Waals surface area contributed by atoms with Gasteiger partial charge >= 0.3 is 0 Å². The lowest BCUT2D eigenvalue weighted by atomic mass is 10.1. The maximum atomic E-state index is 12.6. The molecular weight excluding hydrogens is 426 g/mol. The highest BCUT2D eigenvalue weighted by Crippen LogP contribution is 2.29. The lowest BCUT2D eigenvalue weighted by molar-refractivity contribution is 0.415. The van der Waals surface area contributed by atoms with Crippen molar-refractivity contribution in [2.24, 2.45) is 0 Å². The number of methoxy groups -OCH3 is 1. The molecule has 0 aliphatic carbocycles. The molecule has 164 valence electrons. The van der Waals surface area contributed by atoms with Crippen LogP contribution < -0.4 is 10.3 Å². The van der Waals surface area contributed by atoms with Crippen LogP contribution in [0.3, 0.4) is 0 Å². The van der Waals surface area contributed by atoms with Crippen molar-refractivity contribution in [1.82, 2.24) is 19.7 Å². The van der Waals surface area contributed by atoms with Gasteiger partial charge in [0.15, 0.2) is 5.82 Å². The van der Waals surface area contributed by atoms with Crippen LogP contribution in [0, 0.1) is 11.3 Å². The van der Waals surface area contributed by atoms with Crippen molar-refractivity contribution in [3.05, 3.63) is 107 Å². The zero-order chi connectivity index (χ0) is 23.5. The van der Waals surface area contributed by atoms with E-state index in [-0.39, 0.29) is 17.0 Å². The van der Waals surface area contributed by atoms with Crippen LogP contribution in [0.25, 0.3) is 39.5 Å². The lowest BCUT2D eigenvalue weighted by Crippen LogP contribution is -2.11. The zero-order valence-corrected chi connectivity index (χ0v) is 18.3. The minimum atomic E-state index is -0.297. The zero-order valence-electron chi connectivity index (χ0n) is 18.3. The SMILES string of the molecule is COc1cccc(-c2nn(-c3ccccc3)cc2/C=C(/C#N)c2nc3ccccc3c(=O)[nH]2)c1. The Morgan fingerprint density at radius 3 is 2.65 bits per heavy atom. The Balaban J connectivity index is 1.69. The fourth-order valence-electron chi connectivity index (χ4n) is 3.72. The predicted molar refractivity (Wildman–Crippen MR) is 131 cm³/mol. The third-order valence-corrected chi connectivity index (χ3v) is 5.39. The van der Waals surface area contributed by atoms with Gasteiger partial charge in [-0.1, -0.05) is 42.5 Å². The summed E-state index contributed by atoms with van der Waals surface area (Å²) in [6.45, 7) is 0. The standard InChI is InChI=1S/C27H19N5O2/c1-34-22-11-7-8-18(15-22)25-20(17-32(31-25)21-9-3-2-4-10-21)14-19(16-28)26-29-24-13-6-5-12-23(24)27(33)30-26/h2-15,17H,1H3,(H,29,30,33)/b19-14-. The van der Waals surface area contributed by atoms with Crippen LogP contribution in [0.2, 0.25) is 0 Å². The molecule has 7 nitrogen and oxygen atoms in total. The van der Waals surface area contributed by atoms with E-state index < -0.39 is 0 Å². The summed E-state index contributed by atoms with van der Waals surface area (Å²) in [6, 6.07) is 26.5. The molecule has 0 atom stereocenters. The van der Waals surface area contributed by atoms with E-state index in [4.69, 9.17) is 9.84 Å². The van der Waals surface area contributed by atoms with Gasteiger partial charge in [-0.15, -0.1) is 0 Å². The monoisotopic (exact) mass is 445 g/mol. The fraction of sp³-hybridized carbons (Fsp3) is 0.0370. The highest BCUT2D eigenvalue weighted by Gasteiger charge is 2.15. The second-order valence-corrected chi connectivity index (χ2v) is 7.55. The van der Waals surface area contributed by atoms with Crippen LogP contribution in [-0.2, 0) is 0 Å². The average molecular weight is 445 g/mol. The first-order chi connectivity index (χ1) is 16.7. The van der Waals surface area contributed by atoms with Crippen molar-refractivity contribution < 1.29 is 4.74 Å². The quantitative estimate of drug-likeness (QED) is 0.390. The number of benzene rings is 3. The maximum Gasteiger partial charge on any atom is 0.259 e. The first-order valence-electron chi connectivity index (χ1n) is 10.6. The van der Waals surface area contributed by atoms with Gasteiger partial charge in [-0.3, -0.25) is 4.79 Å². The summed E-state index contributed by atoms with van der Waals surface area (Å²) in [5, 5.41) is 15.2. The summed E-state index contributed by atoms with van der Waals surface area (Å²) in [4.78, 5) is 19.8. The number of H-pyrrole nitrogens is 1. The molecule has 0 fully saturated rings. The van der Waals surface area contributed by atoms with E-state index >= 15 is 0 Å². The molecule has 7 heteroatoms. The molecule has 3 aromatic carbocycles. The summed E-state index contributed by atoms with van der Waals surface area (Å²) < 4.78 is 7.14. The van der Waals surface area contributed by atoms with E-state index in [0.717, 1.165) is 11.3 Å². The normalized spacial score (nSPS) is 11.4. The van der Waals surface area contributed by atoms with Gasteiger partial charge in [0.25, 0.3) is 5.56 Å². The van der Waals surface area contributed by atoms with Crippen molar-refractivity contribution in [3.63, 3.8) is 0 Å². The number of allylic oxidation sites excluding steroid dienone is 1. The van der Waals surface area contributed by atoms with Crippen LogP contribution in [0.15, 0.2) is 89.9 Å². The third kappa shape index (κ3) is 3.96. The third-order valence-electron chi connectivity index (χ3n) is 5.39. The van der Waals surface area contributed by atoms with E-state index in [2.05, 4.69) is 16.0 Å². The summed E-state index contributed by atoms with van der Waals surface area (Å²) in [7, 11) is 1.61. The Morgan fingerprint density at radius 2 is 1.85 bits per heavy atom. The van der Waals surface area contributed by atoms with Gasteiger partial charge in [0, 0.05) is 17.3 Å². The van der Waals surface area contributed by atoms with Crippen molar-refractivity contribution in [1.29, 1.82) is 5.26 Å². The van der Waals surface area contributed by atoms with Gasteiger partial charge in [0.05, 0.1) is 29.3 Å². The molecule has 0 bridgehead atoms. The number of fused-ring (bicyclic) bond motifs is 1. The number of aromatic amines is 1. The van der Waals surface area contributed by atoms with E-state index in [1.54, 1.807) is 42.1 Å². The first kappa shape index (κ1) is 20.9. The molecule has 2 aromatic heterocycles. The molecule has 0 radical (unpaired) electrons. The summed E-state index contributed by atoms with van der Waals surface area (Å²) >= 11 is 0. The predicted octanol–water partition coefficient (Wildman–Crippen LogP) is 4.85. The number of ether oxygens (including phenoxy) is 1. The average Bonchev–Trinajstić information content (AvgIpc) is 3.32. The maximum absolute atomic E-state index is 12.6. The number of para-hydroxylation sites is 2. The number of nitrogens with zero attached hydrogens (tertiary/aromatic N) is 4. The van der Waals surface area contributed by atoms with E-state index in [0.29, 0.717) is 27.9 Å². The molecule has 0 unspecified atom stereocenters. The molecule has 5 rings (SSSR count). The van der Waals surface area contributed by atoms with Crippen molar-refractivity contribution in [3.8, 4) is 28.8 Å². The molecule has 34 heavy (non-hydrogen) atoms. The summed E-state index contributed by atoms with van der Waals surface area (Å²) in [5.41, 5.74) is 3.52. The van der Waals surface area contributed by atoms with Crippen LogP contribution in [0.5, 0.6) is 5.75 Å². The molecule has 1 N–H and O–H groups in total. The number of nitrogens with one attached hydrogen (secondary N) is 1. The highest BCUT2D eigenvalue weighted by atomic mass is 16.5. The number of rotatable bonds is 5. The summed E-state index contributed by atoms with van der Waals surface area (Å²) in [5.74, 6) is 0.901. The Hall–Kier alpha value is -4.96. The van der Waals surface area contributed by atoms with Crippen molar-refractivity contribution in [2.75, 3.05) is 7.11 Å². The molecular formula is C27H19N5O2. The second-order valence-electron chi connectivity index (χ2n) is 7.55. The van der Waals surface area contributed by atoms with Crippen LogP contribution in [0.1, 0.15) is 11.4 Å². The van der Waals surface area contributed by atoms with E-state index in [1.807, 2.05) is 60.8 Å². The smallest absolute Gasteiger partial charge is 0.259 e. The molecule has 0 amide bonds. The van der Waals surface area contributed by atoms with Crippen LogP contribution in [-0.4, -0.2) is 26.9 Å². The lowest BCUT2D eigenvalue weighted by Gasteiger charge is -2.04. The van der Waals surface area contributed by atoms with E-state index in [1.165, 1.54) is 0 Å². The molecule has 0 saturated heterocycles. The Labute approximate surface area is 195 Å².